The summed E-state index contributed by atoms with van der Waals surface area (Å²) in [6.45, 7) is 0. The van der Waals surface area contributed by atoms with Gasteiger partial charge in [-0.05, 0) is 18.9 Å². The average Bonchev–Trinajstić information content (AvgIpc) is 3.09. The second-order valence-corrected chi connectivity index (χ2v) is 4.91. The third-order valence-electron chi connectivity index (χ3n) is 2.96. The van der Waals surface area contributed by atoms with Crippen LogP contribution in [-0.4, -0.2) is 25.8 Å². The van der Waals surface area contributed by atoms with Crippen molar-refractivity contribution >= 4 is 17.6 Å². The van der Waals surface area contributed by atoms with Gasteiger partial charge in [0.1, 0.15) is 17.3 Å². The first-order chi connectivity index (χ1) is 9.47. The first kappa shape index (κ1) is 13.0. The highest BCUT2D eigenvalue weighted by Gasteiger charge is 2.32. The smallest absolute Gasteiger partial charge is 0.375 e. The van der Waals surface area contributed by atoms with E-state index in [1.165, 1.54) is 0 Å². The second kappa shape index (κ2) is 4.52. The van der Waals surface area contributed by atoms with Gasteiger partial charge in [0.15, 0.2) is 5.82 Å². The van der Waals surface area contributed by atoms with Crippen LogP contribution in [0.25, 0.3) is 5.69 Å². The van der Waals surface area contributed by atoms with Crippen LogP contribution in [0.1, 0.15) is 35.2 Å². The monoisotopic (exact) mass is 299 g/mol. The lowest BCUT2D eigenvalue weighted by Crippen LogP contribution is -2.07. The molecule has 20 heavy (non-hydrogen) atoms. The molecule has 1 heterocycles. The van der Waals surface area contributed by atoms with Gasteiger partial charge in [0.2, 0.25) is 0 Å². The standard InChI is InChI=1S/C12H8ClF2N3O2/c13-7-3-6(14)4-8(15)9(7)18-11(5-1-2-5)16-10(17-18)12(19)20/h3-5H,1-2H2,(H,19,20). The zero-order valence-corrected chi connectivity index (χ0v) is 10.7. The van der Waals surface area contributed by atoms with Crippen molar-refractivity contribution in [3.05, 3.63) is 40.4 Å². The normalized spacial score (nSPS) is 14.6. The minimum absolute atomic E-state index is 0.0242. The molecule has 0 amide bonds. The lowest BCUT2D eigenvalue weighted by molar-refractivity contribution is 0.0683. The Balaban J connectivity index is 2.21. The molecule has 0 aliphatic heterocycles. The van der Waals surface area contributed by atoms with Gasteiger partial charge in [0.05, 0.1) is 5.02 Å². The average molecular weight is 300 g/mol. The number of carbonyl (C=O) groups is 1. The highest BCUT2D eigenvalue weighted by molar-refractivity contribution is 6.32. The molecule has 0 saturated heterocycles. The number of carboxylic acids is 1. The van der Waals surface area contributed by atoms with E-state index in [9.17, 15) is 13.6 Å². The predicted octanol–water partition coefficient (Wildman–Crippen LogP) is 2.77. The number of rotatable bonds is 3. The van der Waals surface area contributed by atoms with E-state index in [1.54, 1.807) is 0 Å². The topological polar surface area (TPSA) is 68.0 Å². The maximum Gasteiger partial charge on any atom is 0.375 e. The van der Waals surface area contributed by atoms with Crippen molar-refractivity contribution in [3.8, 4) is 5.69 Å². The first-order valence-corrected chi connectivity index (χ1v) is 6.20. The van der Waals surface area contributed by atoms with Crippen LogP contribution in [0.2, 0.25) is 5.02 Å². The summed E-state index contributed by atoms with van der Waals surface area (Å²) < 4.78 is 28.0. The van der Waals surface area contributed by atoms with Crippen molar-refractivity contribution in [2.24, 2.45) is 0 Å². The van der Waals surface area contributed by atoms with Crippen LogP contribution in [0.15, 0.2) is 12.1 Å². The molecule has 1 aromatic heterocycles. The van der Waals surface area contributed by atoms with Gasteiger partial charge in [-0.15, -0.1) is 5.10 Å². The van der Waals surface area contributed by atoms with Crippen LogP contribution in [0.5, 0.6) is 0 Å². The summed E-state index contributed by atoms with van der Waals surface area (Å²) >= 11 is 5.84. The lowest BCUT2D eigenvalue weighted by atomic mass is 10.3. The maximum atomic E-state index is 13.9. The van der Waals surface area contributed by atoms with Crippen molar-refractivity contribution < 1.29 is 18.7 Å². The van der Waals surface area contributed by atoms with Gasteiger partial charge in [-0.1, -0.05) is 11.6 Å². The summed E-state index contributed by atoms with van der Waals surface area (Å²) in [5.41, 5.74) is -0.185. The van der Waals surface area contributed by atoms with Crippen molar-refractivity contribution in [1.29, 1.82) is 0 Å². The van der Waals surface area contributed by atoms with Crippen molar-refractivity contribution in [2.45, 2.75) is 18.8 Å². The molecule has 0 unspecified atom stereocenters. The molecule has 1 fully saturated rings. The number of nitrogens with zero attached hydrogens (tertiary/aromatic N) is 3. The van der Waals surface area contributed by atoms with Crippen LogP contribution in [0.3, 0.4) is 0 Å². The molecule has 0 spiro atoms. The summed E-state index contributed by atoms with van der Waals surface area (Å²) in [5.74, 6) is -3.14. The van der Waals surface area contributed by atoms with Gasteiger partial charge in [-0.25, -0.2) is 23.2 Å². The molecule has 1 aliphatic carbocycles. The molecular formula is C12H8ClF2N3O2. The third-order valence-corrected chi connectivity index (χ3v) is 3.25. The van der Waals surface area contributed by atoms with E-state index >= 15 is 0 Å². The van der Waals surface area contributed by atoms with Gasteiger partial charge in [0, 0.05) is 12.0 Å². The van der Waals surface area contributed by atoms with Crippen LogP contribution < -0.4 is 0 Å². The second-order valence-electron chi connectivity index (χ2n) is 4.50. The summed E-state index contributed by atoms with van der Waals surface area (Å²) in [5, 5.41) is 12.5. The Morgan fingerprint density at radius 1 is 1.40 bits per heavy atom. The number of hydrogen-bond donors (Lipinski definition) is 1. The predicted molar refractivity (Wildman–Crippen MR) is 65.2 cm³/mol. The zero-order chi connectivity index (χ0) is 14.4. The van der Waals surface area contributed by atoms with E-state index in [0.29, 0.717) is 11.9 Å². The molecule has 2 aromatic rings. The number of carboxylic acid groups (broad SMARTS) is 1. The van der Waals surface area contributed by atoms with Gasteiger partial charge >= 0.3 is 5.97 Å². The van der Waals surface area contributed by atoms with E-state index in [1.807, 2.05) is 0 Å². The summed E-state index contributed by atoms with van der Waals surface area (Å²) in [7, 11) is 0. The van der Waals surface area contributed by atoms with E-state index in [4.69, 9.17) is 16.7 Å². The van der Waals surface area contributed by atoms with Gasteiger partial charge in [-0.3, -0.25) is 0 Å². The Labute approximate surface area is 116 Å². The Hall–Kier alpha value is -2.02. The largest absolute Gasteiger partial charge is 0.475 e. The summed E-state index contributed by atoms with van der Waals surface area (Å²) in [6, 6.07) is 1.61. The molecule has 1 N–H and O–H groups in total. The molecule has 1 aliphatic rings. The SMILES string of the molecule is O=C(O)c1nc(C2CC2)n(-c2c(F)cc(F)cc2Cl)n1. The molecule has 8 heteroatoms. The highest BCUT2D eigenvalue weighted by atomic mass is 35.5. The molecule has 3 rings (SSSR count). The number of aromatic nitrogens is 3. The van der Waals surface area contributed by atoms with Crippen LogP contribution in [-0.2, 0) is 0 Å². The third kappa shape index (κ3) is 2.14. The fraction of sp³-hybridized carbons (Fsp3) is 0.250. The fourth-order valence-electron chi connectivity index (χ4n) is 1.92. The lowest BCUT2D eigenvalue weighted by Gasteiger charge is -2.08. The Bertz CT molecular complexity index is 690. The summed E-state index contributed by atoms with van der Waals surface area (Å²) in [6.07, 6.45) is 1.64. The van der Waals surface area contributed by atoms with Gasteiger partial charge < -0.3 is 5.11 Å². The van der Waals surface area contributed by atoms with Crippen LogP contribution in [0, 0.1) is 11.6 Å². The molecule has 0 radical (unpaired) electrons. The Morgan fingerprint density at radius 3 is 2.65 bits per heavy atom. The van der Waals surface area contributed by atoms with E-state index < -0.39 is 23.4 Å². The molecular weight excluding hydrogens is 292 g/mol. The number of benzene rings is 1. The van der Waals surface area contributed by atoms with Crippen LogP contribution in [0.4, 0.5) is 8.78 Å². The minimum atomic E-state index is -1.32. The summed E-state index contributed by atoms with van der Waals surface area (Å²) in [4.78, 5) is 14.8. The van der Waals surface area contributed by atoms with Gasteiger partial charge in [0.25, 0.3) is 5.82 Å². The van der Waals surface area contributed by atoms with Crippen molar-refractivity contribution in [3.63, 3.8) is 0 Å². The molecule has 5 nitrogen and oxygen atoms in total. The first-order valence-electron chi connectivity index (χ1n) is 5.82. The number of halogens is 3. The molecule has 0 bridgehead atoms. The molecule has 1 aromatic carbocycles. The minimum Gasteiger partial charge on any atom is -0.475 e. The Kier molecular flexibility index (Phi) is 2.93. The number of hydrogen-bond acceptors (Lipinski definition) is 3. The maximum absolute atomic E-state index is 13.9. The zero-order valence-electron chi connectivity index (χ0n) is 9.98. The Morgan fingerprint density at radius 2 is 2.10 bits per heavy atom. The van der Waals surface area contributed by atoms with E-state index in [-0.39, 0.29) is 16.6 Å². The molecule has 0 atom stereocenters. The quantitative estimate of drug-likeness (QED) is 0.946. The van der Waals surface area contributed by atoms with Gasteiger partial charge in [-0.2, -0.15) is 0 Å². The van der Waals surface area contributed by atoms with Crippen LogP contribution >= 0.6 is 11.6 Å². The molecule has 1 saturated carbocycles. The highest BCUT2D eigenvalue weighted by Crippen LogP contribution is 2.40. The van der Waals surface area contributed by atoms with Crippen molar-refractivity contribution in [2.75, 3.05) is 0 Å². The fourth-order valence-corrected chi connectivity index (χ4v) is 2.20. The van der Waals surface area contributed by atoms with Crippen molar-refractivity contribution in [1.82, 2.24) is 14.8 Å². The van der Waals surface area contributed by atoms with E-state index in [2.05, 4.69) is 10.1 Å². The number of aromatic carboxylic acids is 1. The molecule has 104 valence electrons. The van der Waals surface area contributed by atoms with E-state index in [0.717, 1.165) is 23.6 Å².